The van der Waals surface area contributed by atoms with Crippen LogP contribution < -0.4 is 0 Å². The Bertz CT molecular complexity index is 334. The normalized spacial score (nSPS) is 33.1. The topological polar surface area (TPSA) is 40.6 Å². The van der Waals surface area contributed by atoms with E-state index in [1.807, 2.05) is 11.8 Å². The lowest BCUT2D eigenvalue weighted by atomic mass is 10.2. The maximum absolute atomic E-state index is 12.1. The summed E-state index contributed by atoms with van der Waals surface area (Å²) in [6.45, 7) is 4.71. The van der Waals surface area contributed by atoms with Crippen LogP contribution in [0.15, 0.2) is 0 Å². The first-order valence-corrected chi connectivity index (χ1v) is 6.69. The predicted octanol–water partition coefficient (Wildman–Crippen LogP) is 0.919. The number of carbonyl (C=O) groups excluding carboxylic acids is 2. The van der Waals surface area contributed by atoms with Crippen molar-refractivity contribution in [2.24, 2.45) is 0 Å². The first kappa shape index (κ1) is 11.8. The molecule has 0 bridgehead atoms. The Labute approximate surface area is 100 Å². The van der Waals surface area contributed by atoms with E-state index in [0.717, 1.165) is 12.2 Å². The number of fused-ring (bicyclic) bond motifs is 1. The summed E-state index contributed by atoms with van der Waals surface area (Å²) in [5.41, 5.74) is 0. The largest absolute Gasteiger partial charge is 0.344 e. The summed E-state index contributed by atoms with van der Waals surface area (Å²) in [6, 6.07) is -0.241. The zero-order chi connectivity index (χ0) is 11.9. The molecule has 2 rings (SSSR count). The smallest absolute Gasteiger partial charge is 0.246 e. The maximum atomic E-state index is 12.1. The highest BCUT2D eigenvalue weighted by atomic mass is 32.2. The Morgan fingerprint density at radius 1 is 1.69 bits per heavy atom. The lowest BCUT2D eigenvalue weighted by Gasteiger charge is -2.31. The minimum atomic E-state index is -0.241. The fourth-order valence-corrected chi connectivity index (χ4v) is 3.84. The summed E-state index contributed by atoms with van der Waals surface area (Å²) < 4.78 is 0. The molecule has 0 saturated carbocycles. The Kier molecular flexibility index (Phi) is 2.90. The third-order valence-electron chi connectivity index (χ3n) is 3.58. The van der Waals surface area contributed by atoms with E-state index in [1.165, 1.54) is 0 Å². The van der Waals surface area contributed by atoms with Crippen LogP contribution in [0, 0.1) is 0 Å². The van der Waals surface area contributed by atoms with Crippen LogP contribution in [0.1, 0.15) is 26.7 Å². The fraction of sp³-hybridized carbons (Fsp3) is 0.818. The summed E-state index contributed by atoms with van der Waals surface area (Å²) in [6.07, 6.45) is 1.46. The standard InChI is InChI=1S/C11H18N2O2S/c1-4-12(3)10(15)8-7-16-11(2)6-5-9(14)13(8)11/h8H,4-7H2,1-3H3/t8-,11-/m0/s1. The molecule has 0 aromatic rings. The van der Waals surface area contributed by atoms with Crippen LogP contribution in [0.3, 0.4) is 0 Å². The second-order valence-corrected chi connectivity index (χ2v) is 6.12. The highest BCUT2D eigenvalue weighted by Gasteiger charge is 2.53. The number of rotatable bonds is 2. The second kappa shape index (κ2) is 3.95. The van der Waals surface area contributed by atoms with Crippen molar-refractivity contribution in [2.45, 2.75) is 37.6 Å². The van der Waals surface area contributed by atoms with Crippen LogP contribution in [0.25, 0.3) is 0 Å². The van der Waals surface area contributed by atoms with Crippen molar-refractivity contribution in [3.05, 3.63) is 0 Å². The number of carbonyl (C=O) groups is 2. The van der Waals surface area contributed by atoms with Gasteiger partial charge in [-0.1, -0.05) is 0 Å². The third-order valence-corrected chi connectivity index (χ3v) is 5.09. The summed E-state index contributed by atoms with van der Waals surface area (Å²) >= 11 is 1.74. The SMILES string of the molecule is CCN(C)C(=O)[C@@H]1CS[C@@]2(C)CCC(=O)N12. The number of amides is 2. The Morgan fingerprint density at radius 2 is 2.38 bits per heavy atom. The van der Waals surface area contributed by atoms with Crippen molar-refractivity contribution in [1.29, 1.82) is 0 Å². The average molecular weight is 242 g/mol. The molecular formula is C11H18N2O2S. The molecule has 0 spiro atoms. The second-order valence-electron chi connectivity index (χ2n) is 4.62. The Hall–Kier alpha value is -0.710. The van der Waals surface area contributed by atoms with E-state index in [4.69, 9.17) is 0 Å². The van der Waals surface area contributed by atoms with E-state index in [0.29, 0.717) is 13.0 Å². The van der Waals surface area contributed by atoms with Gasteiger partial charge in [0.15, 0.2) is 0 Å². The van der Waals surface area contributed by atoms with Crippen molar-refractivity contribution in [1.82, 2.24) is 9.80 Å². The molecule has 2 atom stereocenters. The number of thioether (sulfide) groups is 1. The number of nitrogens with zero attached hydrogens (tertiary/aromatic N) is 2. The van der Waals surface area contributed by atoms with Crippen LogP contribution >= 0.6 is 11.8 Å². The molecule has 0 unspecified atom stereocenters. The molecule has 2 aliphatic heterocycles. The van der Waals surface area contributed by atoms with Gasteiger partial charge < -0.3 is 9.80 Å². The van der Waals surface area contributed by atoms with E-state index < -0.39 is 0 Å². The molecular weight excluding hydrogens is 224 g/mol. The van der Waals surface area contributed by atoms with Gasteiger partial charge >= 0.3 is 0 Å². The average Bonchev–Trinajstić information content (AvgIpc) is 2.75. The molecule has 2 fully saturated rings. The van der Waals surface area contributed by atoms with Crippen LogP contribution in [-0.2, 0) is 9.59 Å². The zero-order valence-electron chi connectivity index (χ0n) is 10.0. The van der Waals surface area contributed by atoms with Gasteiger partial charge in [0.05, 0.1) is 4.87 Å². The molecule has 2 heterocycles. The predicted molar refractivity (Wildman–Crippen MR) is 64.0 cm³/mol. The molecule has 0 aromatic carbocycles. The van der Waals surface area contributed by atoms with Gasteiger partial charge in [0.25, 0.3) is 0 Å². The third kappa shape index (κ3) is 1.61. The molecule has 4 nitrogen and oxygen atoms in total. The Balaban J connectivity index is 2.19. The van der Waals surface area contributed by atoms with Gasteiger partial charge in [-0.15, -0.1) is 11.8 Å². The van der Waals surface area contributed by atoms with Crippen LogP contribution in [0.4, 0.5) is 0 Å². The molecule has 0 N–H and O–H groups in total. The minimum Gasteiger partial charge on any atom is -0.344 e. The summed E-state index contributed by atoms with van der Waals surface area (Å²) in [5.74, 6) is 0.954. The van der Waals surface area contributed by atoms with Gasteiger partial charge in [-0.2, -0.15) is 0 Å². The highest BCUT2D eigenvalue weighted by Crippen LogP contribution is 2.47. The quantitative estimate of drug-likeness (QED) is 0.723. The van der Waals surface area contributed by atoms with Crippen molar-refractivity contribution >= 4 is 23.6 Å². The molecule has 0 radical (unpaired) electrons. The van der Waals surface area contributed by atoms with Crippen LogP contribution in [0.5, 0.6) is 0 Å². The van der Waals surface area contributed by atoms with E-state index in [-0.39, 0.29) is 22.7 Å². The molecule has 0 aliphatic carbocycles. The lowest BCUT2D eigenvalue weighted by Crippen LogP contribution is -2.50. The van der Waals surface area contributed by atoms with E-state index in [1.54, 1.807) is 23.7 Å². The van der Waals surface area contributed by atoms with E-state index in [9.17, 15) is 9.59 Å². The van der Waals surface area contributed by atoms with Gasteiger partial charge in [-0.3, -0.25) is 9.59 Å². The molecule has 90 valence electrons. The minimum absolute atomic E-state index is 0.0778. The highest BCUT2D eigenvalue weighted by molar-refractivity contribution is 8.01. The van der Waals surface area contributed by atoms with Crippen LogP contribution in [0.2, 0.25) is 0 Å². The number of likely N-dealkylation sites (N-methyl/N-ethyl adjacent to an activating group) is 1. The van der Waals surface area contributed by atoms with Gasteiger partial charge in [0.2, 0.25) is 11.8 Å². The molecule has 0 aromatic heterocycles. The fourth-order valence-electron chi connectivity index (χ4n) is 2.41. The van der Waals surface area contributed by atoms with Crippen molar-refractivity contribution in [3.8, 4) is 0 Å². The molecule has 2 aliphatic rings. The van der Waals surface area contributed by atoms with Gasteiger partial charge in [0, 0.05) is 25.8 Å². The Morgan fingerprint density at radius 3 is 3.00 bits per heavy atom. The number of hydrogen-bond acceptors (Lipinski definition) is 3. The van der Waals surface area contributed by atoms with Crippen molar-refractivity contribution in [3.63, 3.8) is 0 Å². The van der Waals surface area contributed by atoms with Gasteiger partial charge in [-0.05, 0) is 20.3 Å². The van der Waals surface area contributed by atoms with Crippen molar-refractivity contribution < 1.29 is 9.59 Å². The molecule has 2 saturated heterocycles. The lowest BCUT2D eigenvalue weighted by molar-refractivity contribution is -0.142. The summed E-state index contributed by atoms with van der Waals surface area (Å²) in [7, 11) is 1.79. The van der Waals surface area contributed by atoms with Gasteiger partial charge in [0.1, 0.15) is 6.04 Å². The first-order chi connectivity index (χ1) is 7.49. The number of hydrogen-bond donors (Lipinski definition) is 0. The zero-order valence-corrected chi connectivity index (χ0v) is 10.8. The molecule has 2 amide bonds. The van der Waals surface area contributed by atoms with Gasteiger partial charge in [-0.25, -0.2) is 0 Å². The summed E-state index contributed by atoms with van der Waals surface area (Å²) in [4.78, 5) is 27.3. The van der Waals surface area contributed by atoms with E-state index in [2.05, 4.69) is 6.92 Å². The maximum Gasteiger partial charge on any atom is 0.246 e. The van der Waals surface area contributed by atoms with E-state index >= 15 is 0 Å². The van der Waals surface area contributed by atoms with Crippen molar-refractivity contribution in [2.75, 3.05) is 19.3 Å². The first-order valence-electron chi connectivity index (χ1n) is 5.70. The monoisotopic (exact) mass is 242 g/mol. The molecule has 5 heteroatoms. The van der Waals surface area contributed by atoms with Crippen LogP contribution in [-0.4, -0.2) is 51.9 Å². The molecule has 16 heavy (non-hydrogen) atoms. The summed E-state index contributed by atoms with van der Waals surface area (Å²) in [5, 5.41) is 0.